The molecule has 0 fully saturated rings. The molecule has 0 saturated carbocycles. The van der Waals surface area contributed by atoms with Crippen molar-refractivity contribution >= 4 is 34.1 Å². The summed E-state index contributed by atoms with van der Waals surface area (Å²) in [7, 11) is 1.62. The minimum atomic E-state index is -0.292. The van der Waals surface area contributed by atoms with E-state index in [9.17, 15) is 4.79 Å². The first kappa shape index (κ1) is 20.2. The van der Waals surface area contributed by atoms with E-state index in [0.717, 1.165) is 11.5 Å². The molecule has 148 valence electrons. The van der Waals surface area contributed by atoms with Crippen LogP contribution in [0, 0.1) is 0 Å². The first-order valence-electron chi connectivity index (χ1n) is 8.66. The maximum Gasteiger partial charge on any atom is 0.236 e. The van der Waals surface area contributed by atoms with Crippen molar-refractivity contribution in [1.82, 2.24) is 19.7 Å². The molecule has 1 aromatic carbocycles. The number of hydrogen-bond acceptors (Lipinski definition) is 8. The summed E-state index contributed by atoms with van der Waals surface area (Å²) in [5.41, 5.74) is 0. The number of thiazole rings is 1. The molecule has 1 amide bonds. The third kappa shape index (κ3) is 5.02. The Balaban J connectivity index is 1.62. The van der Waals surface area contributed by atoms with Gasteiger partial charge in [0.2, 0.25) is 5.91 Å². The van der Waals surface area contributed by atoms with E-state index in [1.165, 1.54) is 23.1 Å². The smallest absolute Gasteiger partial charge is 0.236 e. The number of ether oxygens (including phenoxy) is 2. The van der Waals surface area contributed by atoms with Crippen LogP contribution in [0.25, 0.3) is 0 Å². The molecule has 0 radical (unpaired) electrons. The number of thioether (sulfide) groups is 1. The summed E-state index contributed by atoms with van der Waals surface area (Å²) < 4.78 is 13.1. The largest absolute Gasteiger partial charge is 0.497 e. The Morgan fingerprint density at radius 2 is 2.04 bits per heavy atom. The predicted molar refractivity (Wildman–Crippen MR) is 109 cm³/mol. The normalized spacial score (nSPS) is 11.8. The van der Waals surface area contributed by atoms with Gasteiger partial charge in [0, 0.05) is 18.1 Å². The molecule has 1 atom stereocenters. The standard InChI is InChI=1S/C18H21N5O3S2/c1-4-23-16(12(2)26-14-7-5-13(25-3)6-8-14)21-22-18(23)28-11-15(24)20-17-19-9-10-27-17/h5-10,12H,4,11H2,1-3H3,(H,19,20,24). The van der Waals surface area contributed by atoms with Crippen molar-refractivity contribution in [2.24, 2.45) is 0 Å². The summed E-state index contributed by atoms with van der Waals surface area (Å²) in [5.74, 6) is 2.30. The van der Waals surface area contributed by atoms with Crippen LogP contribution in [0.2, 0.25) is 0 Å². The van der Waals surface area contributed by atoms with Crippen molar-refractivity contribution < 1.29 is 14.3 Å². The van der Waals surface area contributed by atoms with Gasteiger partial charge in [-0.1, -0.05) is 11.8 Å². The summed E-state index contributed by atoms with van der Waals surface area (Å²) in [6, 6.07) is 7.38. The average Bonchev–Trinajstić information content (AvgIpc) is 3.36. The van der Waals surface area contributed by atoms with E-state index in [-0.39, 0.29) is 17.8 Å². The second-order valence-electron chi connectivity index (χ2n) is 5.69. The lowest BCUT2D eigenvalue weighted by molar-refractivity contribution is -0.113. The minimum Gasteiger partial charge on any atom is -0.497 e. The van der Waals surface area contributed by atoms with Gasteiger partial charge in [-0.25, -0.2) is 4.98 Å². The van der Waals surface area contributed by atoms with Gasteiger partial charge in [0.1, 0.15) is 11.5 Å². The van der Waals surface area contributed by atoms with Gasteiger partial charge < -0.3 is 19.4 Å². The van der Waals surface area contributed by atoms with Crippen molar-refractivity contribution in [2.45, 2.75) is 31.7 Å². The third-order valence-electron chi connectivity index (χ3n) is 3.81. The highest BCUT2D eigenvalue weighted by Crippen LogP contribution is 2.26. The topological polar surface area (TPSA) is 91.2 Å². The van der Waals surface area contributed by atoms with Crippen LogP contribution < -0.4 is 14.8 Å². The van der Waals surface area contributed by atoms with E-state index in [2.05, 4.69) is 20.5 Å². The SMILES string of the molecule is CCn1c(SCC(=O)Nc2nccs2)nnc1C(C)Oc1ccc(OC)cc1. The Morgan fingerprint density at radius 3 is 2.68 bits per heavy atom. The summed E-state index contributed by atoms with van der Waals surface area (Å²) in [6.45, 7) is 4.60. The van der Waals surface area contributed by atoms with Crippen molar-refractivity contribution in [3.05, 3.63) is 41.7 Å². The first-order valence-corrected chi connectivity index (χ1v) is 10.5. The summed E-state index contributed by atoms with van der Waals surface area (Å²) in [5, 5.41) is 14.3. The lowest BCUT2D eigenvalue weighted by Gasteiger charge is -2.15. The maximum absolute atomic E-state index is 12.1. The number of amides is 1. The number of hydrogen-bond donors (Lipinski definition) is 1. The number of benzene rings is 1. The van der Waals surface area contributed by atoms with Gasteiger partial charge in [0.05, 0.1) is 12.9 Å². The summed E-state index contributed by atoms with van der Waals surface area (Å²) in [6.07, 6.45) is 1.36. The molecule has 0 bridgehead atoms. The van der Waals surface area contributed by atoms with Crippen LogP contribution >= 0.6 is 23.1 Å². The molecule has 3 aromatic rings. The monoisotopic (exact) mass is 419 g/mol. The average molecular weight is 420 g/mol. The molecule has 2 heterocycles. The Morgan fingerprint density at radius 1 is 1.29 bits per heavy atom. The van der Waals surface area contributed by atoms with Crippen molar-refractivity contribution in [3.8, 4) is 11.5 Å². The van der Waals surface area contributed by atoms with Crippen LogP contribution in [0.1, 0.15) is 25.8 Å². The van der Waals surface area contributed by atoms with Crippen LogP contribution in [0.3, 0.4) is 0 Å². The van der Waals surface area contributed by atoms with E-state index < -0.39 is 0 Å². The molecule has 1 N–H and O–H groups in total. The number of rotatable bonds is 9. The van der Waals surface area contributed by atoms with Crippen LogP contribution in [-0.2, 0) is 11.3 Å². The van der Waals surface area contributed by atoms with E-state index >= 15 is 0 Å². The van der Waals surface area contributed by atoms with Gasteiger partial charge in [-0.2, -0.15) is 0 Å². The lowest BCUT2D eigenvalue weighted by Crippen LogP contribution is -2.15. The van der Waals surface area contributed by atoms with E-state index in [1.54, 1.807) is 13.3 Å². The Kier molecular flexibility index (Phi) is 6.88. The molecule has 0 saturated heterocycles. The molecule has 0 spiro atoms. The number of carbonyl (C=O) groups is 1. The fourth-order valence-electron chi connectivity index (χ4n) is 2.49. The lowest BCUT2D eigenvalue weighted by atomic mass is 10.3. The Labute approximate surface area is 171 Å². The van der Waals surface area contributed by atoms with Gasteiger partial charge in [0.25, 0.3) is 0 Å². The second kappa shape index (κ2) is 9.56. The fourth-order valence-corrected chi connectivity index (χ4v) is 3.84. The molecule has 0 aliphatic heterocycles. The molecule has 10 heteroatoms. The van der Waals surface area contributed by atoms with Crippen molar-refractivity contribution in [2.75, 3.05) is 18.2 Å². The maximum atomic E-state index is 12.1. The highest BCUT2D eigenvalue weighted by molar-refractivity contribution is 7.99. The number of methoxy groups -OCH3 is 1. The summed E-state index contributed by atoms with van der Waals surface area (Å²) >= 11 is 2.71. The molecule has 3 rings (SSSR count). The van der Waals surface area contributed by atoms with E-state index in [1.807, 2.05) is 48.1 Å². The number of nitrogens with zero attached hydrogens (tertiary/aromatic N) is 4. The first-order chi connectivity index (χ1) is 13.6. The minimum absolute atomic E-state index is 0.130. The summed E-state index contributed by atoms with van der Waals surface area (Å²) in [4.78, 5) is 16.1. The van der Waals surface area contributed by atoms with E-state index in [4.69, 9.17) is 9.47 Å². The molecular formula is C18H21N5O3S2. The molecule has 8 nitrogen and oxygen atoms in total. The number of aromatic nitrogens is 4. The highest BCUT2D eigenvalue weighted by Gasteiger charge is 2.19. The van der Waals surface area contributed by atoms with Gasteiger partial charge >= 0.3 is 0 Å². The zero-order chi connectivity index (χ0) is 19.9. The quantitative estimate of drug-likeness (QED) is 0.530. The number of anilines is 1. The number of carbonyl (C=O) groups excluding carboxylic acids is 1. The van der Waals surface area contributed by atoms with Gasteiger partial charge in [-0.3, -0.25) is 4.79 Å². The molecule has 0 aliphatic carbocycles. The highest BCUT2D eigenvalue weighted by atomic mass is 32.2. The van der Waals surface area contributed by atoms with Crippen LogP contribution in [0.5, 0.6) is 11.5 Å². The molecule has 2 aromatic heterocycles. The second-order valence-corrected chi connectivity index (χ2v) is 7.53. The molecule has 28 heavy (non-hydrogen) atoms. The Bertz CT molecular complexity index is 897. The molecular weight excluding hydrogens is 398 g/mol. The molecule has 0 aliphatic rings. The van der Waals surface area contributed by atoms with Gasteiger partial charge in [-0.15, -0.1) is 21.5 Å². The number of nitrogens with one attached hydrogen (secondary N) is 1. The van der Waals surface area contributed by atoms with Crippen LogP contribution in [0.15, 0.2) is 41.0 Å². The third-order valence-corrected chi connectivity index (χ3v) is 5.46. The van der Waals surface area contributed by atoms with Crippen LogP contribution in [0.4, 0.5) is 5.13 Å². The van der Waals surface area contributed by atoms with Crippen molar-refractivity contribution in [1.29, 1.82) is 0 Å². The van der Waals surface area contributed by atoms with Gasteiger partial charge in [0.15, 0.2) is 22.2 Å². The van der Waals surface area contributed by atoms with E-state index in [0.29, 0.717) is 22.7 Å². The van der Waals surface area contributed by atoms with Crippen molar-refractivity contribution in [3.63, 3.8) is 0 Å². The van der Waals surface area contributed by atoms with Crippen LogP contribution in [-0.4, -0.2) is 38.5 Å². The zero-order valence-corrected chi connectivity index (χ0v) is 17.4. The molecule has 1 unspecified atom stereocenters. The fraction of sp³-hybridized carbons (Fsp3) is 0.333. The van der Waals surface area contributed by atoms with Gasteiger partial charge in [-0.05, 0) is 38.1 Å². The zero-order valence-electron chi connectivity index (χ0n) is 15.8. The Hall–Kier alpha value is -2.59. The predicted octanol–water partition coefficient (Wildman–Crippen LogP) is 3.63.